The highest BCUT2D eigenvalue weighted by Gasteiger charge is 2.27. The van der Waals surface area contributed by atoms with Gasteiger partial charge in [0.25, 0.3) is 0 Å². The number of aromatic nitrogens is 2. The summed E-state index contributed by atoms with van der Waals surface area (Å²) in [6.45, 7) is 14.8. The Kier molecular flexibility index (Phi) is 7.00. The van der Waals surface area contributed by atoms with E-state index in [0.717, 1.165) is 35.9 Å². The van der Waals surface area contributed by atoms with E-state index in [0.29, 0.717) is 26.1 Å². The summed E-state index contributed by atoms with van der Waals surface area (Å²) in [6.07, 6.45) is 3.17. The third-order valence-electron chi connectivity index (χ3n) is 5.31. The van der Waals surface area contributed by atoms with Crippen molar-refractivity contribution in [3.8, 4) is 0 Å². The van der Waals surface area contributed by atoms with E-state index in [2.05, 4.69) is 11.5 Å². The molecule has 170 valence electrons. The van der Waals surface area contributed by atoms with Crippen molar-refractivity contribution in [2.24, 2.45) is 0 Å². The van der Waals surface area contributed by atoms with Crippen molar-refractivity contribution in [2.75, 3.05) is 26.2 Å². The van der Waals surface area contributed by atoms with Crippen LogP contribution in [0, 0.1) is 10.1 Å². The Bertz CT molecular complexity index is 961. The number of hydrogen-bond donors (Lipinski definition) is 0. The molecule has 1 atom stereocenters. The van der Waals surface area contributed by atoms with Crippen molar-refractivity contribution >= 4 is 22.4 Å². The van der Waals surface area contributed by atoms with Crippen LogP contribution in [0.25, 0.3) is 4.96 Å². The molecule has 1 fully saturated rings. The predicted molar refractivity (Wildman–Crippen MR) is 120 cm³/mol. The van der Waals surface area contributed by atoms with E-state index in [9.17, 15) is 14.9 Å². The lowest BCUT2D eigenvalue weighted by molar-refractivity contribution is -0.429. The van der Waals surface area contributed by atoms with Gasteiger partial charge in [0.05, 0.1) is 16.5 Å². The van der Waals surface area contributed by atoms with Crippen molar-refractivity contribution in [3.05, 3.63) is 45.4 Å². The van der Waals surface area contributed by atoms with Gasteiger partial charge in [-0.2, -0.15) is 0 Å². The van der Waals surface area contributed by atoms with Crippen LogP contribution in [0.4, 0.5) is 4.79 Å². The fraction of sp³-hybridized carbons (Fsp3) is 0.619. The van der Waals surface area contributed by atoms with Gasteiger partial charge in [0.15, 0.2) is 4.96 Å². The molecule has 1 aliphatic heterocycles. The second-order valence-corrected chi connectivity index (χ2v) is 9.69. The first-order valence-corrected chi connectivity index (χ1v) is 11.5. The van der Waals surface area contributed by atoms with Crippen LogP contribution >= 0.6 is 11.3 Å². The van der Waals surface area contributed by atoms with Crippen molar-refractivity contribution in [2.45, 2.75) is 58.6 Å². The van der Waals surface area contributed by atoms with Gasteiger partial charge in [-0.25, -0.2) is 9.78 Å². The largest absolute Gasteiger partial charge is 0.444 e. The zero-order valence-corrected chi connectivity index (χ0v) is 19.5. The number of thiazole rings is 1. The van der Waals surface area contributed by atoms with Gasteiger partial charge in [0.1, 0.15) is 5.60 Å². The zero-order valence-electron chi connectivity index (χ0n) is 18.7. The first kappa shape index (κ1) is 23.2. The highest BCUT2D eigenvalue weighted by atomic mass is 32.1. The van der Waals surface area contributed by atoms with Crippen molar-refractivity contribution in [1.82, 2.24) is 19.2 Å². The zero-order chi connectivity index (χ0) is 22.8. The molecule has 2 aromatic rings. The molecule has 1 amide bonds. The third kappa shape index (κ3) is 5.62. The number of fused-ring (bicyclic) bond motifs is 1. The number of carbonyl (C=O) groups excluding carboxylic acids is 1. The summed E-state index contributed by atoms with van der Waals surface area (Å²) in [4.78, 5) is 32.8. The van der Waals surface area contributed by atoms with E-state index in [1.807, 2.05) is 43.7 Å². The van der Waals surface area contributed by atoms with Gasteiger partial charge < -0.3 is 9.64 Å². The molecule has 0 radical (unpaired) electrons. The van der Waals surface area contributed by atoms with Gasteiger partial charge in [-0.15, -0.1) is 11.3 Å². The summed E-state index contributed by atoms with van der Waals surface area (Å²) < 4.78 is 7.45. The Morgan fingerprint density at radius 3 is 2.74 bits per heavy atom. The number of allylic oxidation sites excluding steroid dienone is 1. The Morgan fingerprint density at radius 1 is 1.35 bits per heavy atom. The first-order valence-electron chi connectivity index (χ1n) is 10.6. The summed E-state index contributed by atoms with van der Waals surface area (Å²) in [5.41, 5.74) is 1.28. The van der Waals surface area contributed by atoms with Crippen LogP contribution in [0.1, 0.15) is 57.8 Å². The number of hydrogen-bond acceptors (Lipinski definition) is 7. The van der Waals surface area contributed by atoms with Gasteiger partial charge in [-0.05, 0) is 40.2 Å². The molecular weight excluding hydrogens is 418 g/mol. The second-order valence-electron chi connectivity index (χ2n) is 8.85. The number of nitrogens with zero attached hydrogens (tertiary/aromatic N) is 5. The molecule has 1 unspecified atom stereocenters. The highest BCUT2D eigenvalue weighted by Crippen LogP contribution is 2.31. The second kappa shape index (κ2) is 9.35. The van der Waals surface area contributed by atoms with Gasteiger partial charge in [0.2, 0.25) is 5.70 Å². The number of carbonyl (C=O) groups is 1. The standard InChI is InChI=1S/C21H31N5O4S/c1-6-17(15(2)26(28)29)18-14-31-19-22-16(13-25(18)19)12-23-8-7-9-24(11-10-23)20(27)30-21(3,4)5/h13-14,17H,2,6-12H2,1,3-5H3. The molecule has 1 saturated heterocycles. The number of imidazole rings is 1. The predicted octanol–water partition coefficient (Wildman–Crippen LogP) is 4.12. The lowest BCUT2D eigenvalue weighted by Crippen LogP contribution is -2.39. The third-order valence-corrected chi connectivity index (χ3v) is 6.17. The van der Waals surface area contributed by atoms with Gasteiger partial charge in [-0.3, -0.25) is 19.4 Å². The van der Waals surface area contributed by atoms with Crippen LogP contribution in [0.3, 0.4) is 0 Å². The summed E-state index contributed by atoms with van der Waals surface area (Å²) in [5.74, 6) is -0.341. The van der Waals surface area contributed by atoms with Gasteiger partial charge in [-0.1, -0.05) is 6.92 Å². The maximum Gasteiger partial charge on any atom is 0.410 e. The monoisotopic (exact) mass is 449 g/mol. The highest BCUT2D eigenvalue weighted by molar-refractivity contribution is 7.15. The Balaban J connectivity index is 1.67. The smallest absolute Gasteiger partial charge is 0.410 e. The summed E-state index contributed by atoms with van der Waals surface area (Å²) >= 11 is 1.48. The molecular formula is C21H31N5O4S. The quantitative estimate of drug-likeness (QED) is 0.486. The van der Waals surface area contributed by atoms with E-state index in [1.165, 1.54) is 11.3 Å². The van der Waals surface area contributed by atoms with Crippen LogP contribution in [0.2, 0.25) is 0 Å². The van der Waals surface area contributed by atoms with Crippen LogP contribution < -0.4 is 0 Å². The van der Waals surface area contributed by atoms with E-state index in [4.69, 9.17) is 9.72 Å². The average Bonchev–Trinajstić information content (AvgIpc) is 3.14. The van der Waals surface area contributed by atoms with E-state index in [-0.39, 0.29) is 17.7 Å². The molecule has 3 rings (SSSR count). The van der Waals surface area contributed by atoms with E-state index < -0.39 is 10.5 Å². The summed E-state index contributed by atoms with van der Waals surface area (Å²) in [5, 5.41) is 13.2. The SMILES string of the molecule is C=C(C(CC)c1csc2nc(CN3CCCN(C(=O)OC(C)(C)C)CC3)cn12)[N+](=O)[O-]. The molecule has 0 spiro atoms. The minimum absolute atomic E-state index is 0.00667. The lowest BCUT2D eigenvalue weighted by Gasteiger charge is -2.26. The molecule has 0 aromatic carbocycles. The molecule has 10 heteroatoms. The lowest BCUT2D eigenvalue weighted by atomic mass is 10.0. The fourth-order valence-corrected chi connectivity index (χ4v) is 4.73. The topological polar surface area (TPSA) is 93.2 Å². The molecule has 0 bridgehead atoms. The fourth-order valence-electron chi connectivity index (χ4n) is 3.78. The maximum absolute atomic E-state index is 12.4. The van der Waals surface area contributed by atoms with Gasteiger partial charge in [0, 0.05) is 50.0 Å². The first-order chi connectivity index (χ1) is 14.6. The minimum Gasteiger partial charge on any atom is -0.444 e. The van der Waals surface area contributed by atoms with E-state index in [1.54, 1.807) is 4.90 Å². The number of amides is 1. The van der Waals surface area contributed by atoms with Crippen LogP contribution in [0.5, 0.6) is 0 Å². The van der Waals surface area contributed by atoms with Crippen molar-refractivity contribution in [3.63, 3.8) is 0 Å². The van der Waals surface area contributed by atoms with Crippen molar-refractivity contribution in [1.29, 1.82) is 0 Å². The molecule has 9 nitrogen and oxygen atoms in total. The number of nitro groups is 1. The summed E-state index contributed by atoms with van der Waals surface area (Å²) in [7, 11) is 0. The molecule has 0 N–H and O–H groups in total. The van der Waals surface area contributed by atoms with Crippen LogP contribution in [0.15, 0.2) is 23.9 Å². The molecule has 0 saturated carbocycles. The van der Waals surface area contributed by atoms with E-state index >= 15 is 0 Å². The average molecular weight is 450 g/mol. The molecule has 2 aromatic heterocycles. The van der Waals surface area contributed by atoms with Crippen LogP contribution in [-0.2, 0) is 11.3 Å². The maximum atomic E-state index is 12.4. The number of ether oxygens (including phenoxy) is 1. The Labute approximate surface area is 186 Å². The minimum atomic E-state index is -0.500. The molecule has 1 aliphatic rings. The van der Waals surface area contributed by atoms with Gasteiger partial charge >= 0.3 is 6.09 Å². The molecule has 3 heterocycles. The Morgan fingerprint density at radius 2 is 2.10 bits per heavy atom. The molecule has 31 heavy (non-hydrogen) atoms. The summed E-state index contributed by atoms with van der Waals surface area (Å²) in [6, 6.07) is 0. The Hall–Kier alpha value is -2.46. The van der Waals surface area contributed by atoms with Crippen molar-refractivity contribution < 1.29 is 14.5 Å². The van der Waals surface area contributed by atoms with Crippen LogP contribution in [-0.4, -0.2) is 62.0 Å². The normalized spacial score (nSPS) is 16.8. The molecule has 0 aliphatic carbocycles. The number of rotatable bonds is 6.